The number of rotatable bonds is 3. The molecule has 0 bridgehead atoms. The Balaban J connectivity index is 2.21. The summed E-state index contributed by atoms with van der Waals surface area (Å²) in [6.07, 6.45) is 2.59. The van der Waals surface area contributed by atoms with Crippen molar-refractivity contribution in [3.05, 3.63) is 26.9 Å². The highest BCUT2D eigenvalue weighted by molar-refractivity contribution is 9.10. The minimum atomic E-state index is -0.414. The summed E-state index contributed by atoms with van der Waals surface area (Å²) in [6, 6.07) is 1.76. The Morgan fingerprint density at radius 3 is 3.12 bits per heavy atom. The van der Waals surface area contributed by atoms with Gasteiger partial charge in [-0.3, -0.25) is 10.1 Å². The molecule has 5 nitrogen and oxygen atoms in total. The predicted octanol–water partition coefficient (Wildman–Crippen LogP) is 2.67. The van der Waals surface area contributed by atoms with Crippen molar-refractivity contribution in [1.82, 2.24) is 4.98 Å². The van der Waals surface area contributed by atoms with Gasteiger partial charge in [0.25, 0.3) is 0 Å². The van der Waals surface area contributed by atoms with E-state index in [1.54, 1.807) is 6.20 Å². The molecule has 0 spiro atoms. The molecule has 1 aliphatic rings. The third-order valence-electron chi connectivity index (χ3n) is 2.30. The average molecular weight is 304 g/mol. The first-order chi connectivity index (χ1) is 7.66. The summed E-state index contributed by atoms with van der Waals surface area (Å²) in [4.78, 5) is 14.5. The van der Waals surface area contributed by atoms with Crippen LogP contribution in [0.15, 0.2) is 16.7 Å². The summed E-state index contributed by atoms with van der Waals surface area (Å²) in [7, 11) is 0. The molecular weight excluding hydrogens is 294 g/mol. The average Bonchev–Trinajstić information content (AvgIpc) is 2.73. The smallest absolute Gasteiger partial charge is 0.312 e. The highest BCUT2D eigenvalue weighted by Crippen LogP contribution is 2.28. The fraction of sp³-hybridized carbons (Fsp3) is 0.444. The number of hydrogen-bond donors (Lipinski definition) is 1. The van der Waals surface area contributed by atoms with E-state index in [2.05, 4.69) is 26.2 Å². The Kier molecular flexibility index (Phi) is 3.65. The van der Waals surface area contributed by atoms with Crippen LogP contribution in [0, 0.1) is 10.1 Å². The Labute approximate surface area is 105 Å². The first-order valence-corrected chi connectivity index (χ1v) is 6.76. The third kappa shape index (κ3) is 2.65. The second kappa shape index (κ2) is 5.01. The molecule has 1 aliphatic heterocycles. The van der Waals surface area contributed by atoms with E-state index in [1.165, 1.54) is 6.07 Å². The topological polar surface area (TPSA) is 68.1 Å². The number of thioether (sulfide) groups is 1. The van der Waals surface area contributed by atoms with Crippen molar-refractivity contribution in [2.24, 2.45) is 0 Å². The minimum Gasteiger partial charge on any atom is -0.361 e. The largest absolute Gasteiger partial charge is 0.361 e. The van der Waals surface area contributed by atoms with Gasteiger partial charge in [-0.2, -0.15) is 11.8 Å². The number of halogens is 1. The lowest BCUT2D eigenvalue weighted by Crippen LogP contribution is -2.19. The molecule has 0 aliphatic carbocycles. The molecular formula is C9H10BrN3O2S. The van der Waals surface area contributed by atoms with E-state index in [9.17, 15) is 10.1 Å². The Bertz CT molecular complexity index is 410. The molecule has 1 aromatic rings. The minimum absolute atomic E-state index is 0.0197. The van der Waals surface area contributed by atoms with Gasteiger partial charge in [0.15, 0.2) is 0 Å². The van der Waals surface area contributed by atoms with Crippen molar-refractivity contribution in [2.75, 3.05) is 16.8 Å². The van der Waals surface area contributed by atoms with Crippen molar-refractivity contribution in [2.45, 2.75) is 12.5 Å². The van der Waals surface area contributed by atoms with Crippen molar-refractivity contribution < 1.29 is 4.92 Å². The molecule has 1 unspecified atom stereocenters. The summed E-state index contributed by atoms with van der Waals surface area (Å²) >= 11 is 5.03. The van der Waals surface area contributed by atoms with E-state index >= 15 is 0 Å². The fourth-order valence-electron chi connectivity index (χ4n) is 1.52. The summed E-state index contributed by atoms with van der Waals surface area (Å²) in [5, 5.41) is 14.0. The normalized spacial score (nSPS) is 19.7. The molecule has 1 atom stereocenters. The predicted molar refractivity (Wildman–Crippen MR) is 67.9 cm³/mol. The Hall–Kier alpha value is -0.820. The zero-order chi connectivity index (χ0) is 11.5. The van der Waals surface area contributed by atoms with Crippen molar-refractivity contribution in [1.29, 1.82) is 0 Å². The van der Waals surface area contributed by atoms with Crippen molar-refractivity contribution >= 4 is 39.2 Å². The number of nitrogens with one attached hydrogen (secondary N) is 1. The first kappa shape index (κ1) is 11.7. The second-order valence-electron chi connectivity index (χ2n) is 3.48. The molecule has 2 rings (SSSR count). The van der Waals surface area contributed by atoms with Gasteiger partial charge in [-0.1, -0.05) is 0 Å². The van der Waals surface area contributed by atoms with Gasteiger partial charge in [-0.15, -0.1) is 0 Å². The summed E-state index contributed by atoms with van der Waals surface area (Å²) < 4.78 is 0.616. The number of anilines is 1. The van der Waals surface area contributed by atoms with Gasteiger partial charge in [0.1, 0.15) is 0 Å². The molecule has 1 aromatic heterocycles. The van der Waals surface area contributed by atoms with E-state index in [0.29, 0.717) is 10.3 Å². The van der Waals surface area contributed by atoms with Crippen LogP contribution in [0.25, 0.3) is 0 Å². The quantitative estimate of drug-likeness (QED) is 0.687. The lowest BCUT2D eigenvalue weighted by molar-refractivity contribution is -0.384. The molecule has 16 heavy (non-hydrogen) atoms. The number of aromatic nitrogens is 1. The fourth-order valence-corrected chi connectivity index (χ4v) is 2.99. The summed E-state index contributed by atoms with van der Waals surface area (Å²) in [5.74, 6) is 2.44. The molecule has 0 radical (unpaired) electrons. The maximum atomic E-state index is 10.8. The van der Waals surface area contributed by atoms with Crippen LogP contribution in [0.1, 0.15) is 6.42 Å². The molecule has 86 valence electrons. The standard InChI is InChI=1S/C9H10BrN3O2S/c10-6-3-8(13(14)15)9(11-4-6)12-7-1-2-16-5-7/h3-4,7H,1-2,5H2,(H,11,12). The second-order valence-corrected chi connectivity index (χ2v) is 5.55. The van der Waals surface area contributed by atoms with Gasteiger partial charge in [0, 0.05) is 28.5 Å². The molecule has 1 saturated heterocycles. The van der Waals surface area contributed by atoms with Crippen LogP contribution < -0.4 is 5.32 Å². The summed E-state index contributed by atoms with van der Waals surface area (Å²) in [5.41, 5.74) is 0.0197. The molecule has 0 aromatic carbocycles. The molecule has 0 amide bonds. The van der Waals surface area contributed by atoms with Crippen LogP contribution in [-0.2, 0) is 0 Å². The van der Waals surface area contributed by atoms with E-state index < -0.39 is 4.92 Å². The summed E-state index contributed by atoms with van der Waals surface area (Å²) in [6.45, 7) is 0. The molecule has 1 fully saturated rings. The highest BCUT2D eigenvalue weighted by Gasteiger charge is 2.21. The SMILES string of the molecule is O=[N+]([O-])c1cc(Br)cnc1NC1CCSC1. The molecule has 1 N–H and O–H groups in total. The van der Waals surface area contributed by atoms with Gasteiger partial charge in [-0.25, -0.2) is 4.98 Å². The monoisotopic (exact) mass is 303 g/mol. The van der Waals surface area contributed by atoms with Crippen LogP contribution in [0.3, 0.4) is 0 Å². The lowest BCUT2D eigenvalue weighted by Gasteiger charge is -2.11. The van der Waals surface area contributed by atoms with Gasteiger partial charge < -0.3 is 5.32 Å². The van der Waals surface area contributed by atoms with Crippen LogP contribution in [0.4, 0.5) is 11.5 Å². The van der Waals surface area contributed by atoms with Gasteiger partial charge in [-0.05, 0) is 28.1 Å². The highest BCUT2D eigenvalue weighted by atomic mass is 79.9. The van der Waals surface area contributed by atoms with Gasteiger partial charge >= 0.3 is 5.69 Å². The molecule has 2 heterocycles. The van der Waals surface area contributed by atoms with E-state index in [-0.39, 0.29) is 11.7 Å². The van der Waals surface area contributed by atoms with Crippen molar-refractivity contribution in [3.63, 3.8) is 0 Å². The van der Waals surface area contributed by atoms with Crippen LogP contribution >= 0.6 is 27.7 Å². The number of nitro groups is 1. The van der Waals surface area contributed by atoms with Crippen LogP contribution in [0.5, 0.6) is 0 Å². The number of pyridine rings is 1. The van der Waals surface area contributed by atoms with E-state index in [4.69, 9.17) is 0 Å². The third-order valence-corrected chi connectivity index (χ3v) is 3.90. The van der Waals surface area contributed by atoms with Gasteiger partial charge in [0.2, 0.25) is 5.82 Å². The maximum Gasteiger partial charge on any atom is 0.312 e. The van der Waals surface area contributed by atoms with E-state index in [0.717, 1.165) is 17.9 Å². The first-order valence-electron chi connectivity index (χ1n) is 4.81. The zero-order valence-corrected chi connectivity index (χ0v) is 10.8. The Morgan fingerprint density at radius 1 is 1.69 bits per heavy atom. The van der Waals surface area contributed by atoms with E-state index in [1.807, 2.05) is 11.8 Å². The number of nitrogens with zero attached hydrogens (tertiary/aromatic N) is 2. The van der Waals surface area contributed by atoms with Crippen LogP contribution in [-0.4, -0.2) is 27.5 Å². The van der Waals surface area contributed by atoms with Crippen molar-refractivity contribution in [3.8, 4) is 0 Å². The zero-order valence-electron chi connectivity index (χ0n) is 8.35. The van der Waals surface area contributed by atoms with Gasteiger partial charge in [0.05, 0.1) is 4.92 Å². The lowest BCUT2D eigenvalue weighted by atomic mass is 10.2. The Morgan fingerprint density at radius 2 is 2.50 bits per heavy atom. The molecule has 7 heteroatoms. The maximum absolute atomic E-state index is 10.8. The van der Waals surface area contributed by atoms with Crippen LogP contribution in [0.2, 0.25) is 0 Å². The number of hydrogen-bond acceptors (Lipinski definition) is 5. The molecule has 0 saturated carbocycles.